The highest BCUT2D eigenvalue weighted by Gasteiger charge is 2.21. The Balaban J connectivity index is 2.92. The molecule has 1 rings (SSSR count). The van der Waals surface area contributed by atoms with Gasteiger partial charge in [-0.1, -0.05) is 37.6 Å². The molecular formula is C12H16ClNO. The van der Waals surface area contributed by atoms with Gasteiger partial charge in [-0.25, -0.2) is 0 Å². The Kier molecular flexibility index (Phi) is 4.30. The van der Waals surface area contributed by atoms with Crippen LogP contribution in [0.4, 0.5) is 0 Å². The minimum atomic E-state index is -0.206. The van der Waals surface area contributed by atoms with Crippen LogP contribution in [-0.2, 0) is 4.79 Å². The maximum absolute atomic E-state index is 11.8. The molecule has 0 spiro atoms. The summed E-state index contributed by atoms with van der Waals surface area (Å²) in [4.78, 5) is 11.8. The van der Waals surface area contributed by atoms with Gasteiger partial charge < -0.3 is 5.73 Å². The van der Waals surface area contributed by atoms with E-state index < -0.39 is 0 Å². The molecule has 82 valence electrons. The number of nitrogens with two attached hydrogens (primary N) is 1. The topological polar surface area (TPSA) is 43.1 Å². The number of carbonyl (C=O) groups is 1. The first-order valence-electron chi connectivity index (χ1n) is 5.05. The van der Waals surface area contributed by atoms with Gasteiger partial charge >= 0.3 is 0 Å². The molecule has 0 aliphatic heterocycles. The van der Waals surface area contributed by atoms with Crippen molar-refractivity contribution < 1.29 is 4.79 Å². The molecule has 0 unspecified atom stereocenters. The van der Waals surface area contributed by atoms with Gasteiger partial charge in [0.15, 0.2) is 0 Å². The molecule has 0 aromatic heterocycles. The van der Waals surface area contributed by atoms with Gasteiger partial charge in [-0.2, -0.15) is 0 Å². The normalized spacial score (nSPS) is 12.9. The van der Waals surface area contributed by atoms with Crippen molar-refractivity contribution >= 4 is 17.4 Å². The second-order valence-electron chi connectivity index (χ2n) is 3.90. The fraction of sp³-hybridized carbons (Fsp3) is 0.417. The zero-order chi connectivity index (χ0) is 11.4. The van der Waals surface area contributed by atoms with E-state index in [9.17, 15) is 4.79 Å². The molecule has 0 fully saturated rings. The smallest absolute Gasteiger partial charge is 0.144 e. The van der Waals surface area contributed by atoms with Crippen molar-refractivity contribution in [1.82, 2.24) is 0 Å². The van der Waals surface area contributed by atoms with Crippen molar-refractivity contribution in [3.63, 3.8) is 0 Å². The molecule has 1 aromatic carbocycles. The van der Waals surface area contributed by atoms with E-state index in [-0.39, 0.29) is 17.6 Å². The molecule has 0 radical (unpaired) electrons. The quantitative estimate of drug-likeness (QED) is 0.856. The molecule has 1 aromatic rings. The highest BCUT2D eigenvalue weighted by atomic mass is 35.5. The van der Waals surface area contributed by atoms with Gasteiger partial charge in [0, 0.05) is 17.5 Å². The van der Waals surface area contributed by atoms with Crippen LogP contribution in [0.25, 0.3) is 0 Å². The van der Waals surface area contributed by atoms with E-state index >= 15 is 0 Å². The van der Waals surface area contributed by atoms with Gasteiger partial charge in [0.25, 0.3) is 0 Å². The third-order valence-electron chi connectivity index (χ3n) is 2.42. The lowest BCUT2D eigenvalue weighted by molar-refractivity contribution is -0.123. The predicted molar refractivity (Wildman–Crippen MR) is 63.1 cm³/mol. The number of rotatable bonds is 4. The third kappa shape index (κ3) is 3.05. The van der Waals surface area contributed by atoms with E-state index in [2.05, 4.69) is 0 Å². The molecule has 2 nitrogen and oxygen atoms in total. The molecule has 2 N–H and O–H groups in total. The minimum Gasteiger partial charge on any atom is -0.329 e. The lowest BCUT2D eigenvalue weighted by atomic mass is 9.89. The van der Waals surface area contributed by atoms with E-state index in [1.165, 1.54) is 0 Å². The van der Waals surface area contributed by atoms with Crippen molar-refractivity contribution in [2.45, 2.75) is 19.8 Å². The summed E-state index contributed by atoms with van der Waals surface area (Å²) < 4.78 is 0. The van der Waals surface area contributed by atoms with Crippen LogP contribution in [0.1, 0.15) is 25.3 Å². The third-order valence-corrected chi connectivity index (χ3v) is 2.67. The Morgan fingerprint density at radius 1 is 1.33 bits per heavy atom. The van der Waals surface area contributed by atoms with Gasteiger partial charge in [-0.15, -0.1) is 0 Å². The largest absolute Gasteiger partial charge is 0.329 e. The van der Waals surface area contributed by atoms with Crippen molar-refractivity contribution in [3.05, 3.63) is 34.9 Å². The van der Waals surface area contributed by atoms with Crippen LogP contribution >= 0.6 is 11.6 Å². The van der Waals surface area contributed by atoms with E-state index in [0.717, 1.165) is 5.56 Å². The van der Waals surface area contributed by atoms with Crippen LogP contribution in [0.5, 0.6) is 0 Å². The average Bonchev–Trinajstić information content (AvgIpc) is 2.21. The highest BCUT2D eigenvalue weighted by Crippen LogP contribution is 2.21. The number of benzene rings is 1. The standard InChI is InChI=1S/C12H16ClNO/c1-8(2)12(15)11(7-14)9-3-5-10(13)6-4-9/h3-6,8,11H,7,14H2,1-2H3/t11-/m1/s1. The van der Waals surface area contributed by atoms with E-state index in [4.69, 9.17) is 17.3 Å². The van der Waals surface area contributed by atoms with Crippen molar-refractivity contribution in [2.24, 2.45) is 11.7 Å². The summed E-state index contributed by atoms with van der Waals surface area (Å²) in [6, 6.07) is 7.29. The van der Waals surface area contributed by atoms with Crippen molar-refractivity contribution in [1.29, 1.82) is 0 Å². The van der Waals surface area contributed by atoms with Gasteiger partial charge in [0.1, 0.15) is 5.78 Å². The summed E-state index contributed by atoms with van der Waals surface area (Å²) in [6.45, 7) is 4.13. The first kappa shape index (κ1) is 12.2. The number of Topliss-reactive ketones (excluding diaryl/α,β-unsaturated/α-hetero) is 1. The number of hydrogen-bond donors (Lipinski definition) is 1. The lowest BCUT2D eigenvalue weighted by Crippen LogP contribution is -2.25. The Labute approximate surface area is 95.4 Å². The van der Waals surface area contributed by atoms with Crippen LogP contribution < -0.4 is 5.73 Å². The molecule has 15 heavy (non-hydrogen) atoms. The number of hydrogen-bond acceptors (Lipinski definition) is 2. The zero-order valence-electron chi connectivity index (χ0n) is 9.03. The fourth-order valence-electron chi connectivity index (χ4n) is 1.51. The van der Waals surface area contributed by atoms with Crippen LogP contribution in [0.2, 0.25) is 5.02 Å². The van der Waals surface area contributed by atoms with Crippen LogP contribution in [0.15, 0.2) is 24.3 Å². The Bertz CT molecular complexity index is 332. The Hall–Kier alpha value is -0.860. The summed E-state index contributed by atoms with van der Waals surface area (Å²) in [5, 5.41) is 0.673. The molecule has 0 saturated heterocycles. The second kappa shape index (κ2) is 5.29. The summed E-state index contributed by atoms with van der Waals surface area (Å²) >= 11 is 5.79. The van der Waals surface area contributed by atoms with Gasteiger partial charge in [-0.05, 0) is 17.7 Å². The first-order valence-corrected chi connectivity index (χ1v) is 5.43. The molecule has 0 aliphatic carbocycles. The monoisotopic (exact) mass is 225 g/mol. The Morgan fingerprint density at radius 3 is 2.27 bits per heavy atom. The molecule has 0 saturated carbocycles. The predicted octanol–water partition coefficient (Wildman–Crippen LogP) is 2.61. The summed E-state index contributed by atoms with van der Waals surface area (Å²) in [5.74, 6) is -0.0173. The number of halogens is 1. The van der Waals surface area contributed by atoms with Gasteiger partial charge in [-0.3, -0.25) is 4.79 Å². The van der Waals surface area contributed by atoms with E-state index in [1.54, 1.807) is 12.1 Å². The van der Waals surface area contributed by atoms with Crippen molar-refractivity contribution in [3.8, 4) is 0 Å². The molecule has 0 heterocycles. The molecule has 0 amide bonds. The molecule has 0 aliphatic rings. The number of carbonyl (C=O) groups excluding carboxylic acids is 1. The molecule has 0 bridgehead atoms. The SMILES string of the molecule is CC(C)C(=O)[C@H](CN)c1ccc(Cl)cc1. The van der Waals surface area contributed by atoms with Crippen LogP contribution in [-0.4, -0.2) is 12.3 Å². The second-order valence-corrected chi connectivity index (χ2v) is 4.33. The molecule has 3 heteroatoms. The van der Waals surface area contributed by atoms with E-state index in [0.29, 0.717) is 11.6 Å². The summed E-state index contributed by atoms with van der Waals surface area (Å²) in [7, 11) is 0. The summed E-state index contributed by atoms with van der Waals surface area (Å²) in [6.07, 6.45) is 0. The molecular weight excluding hydrogens is 210 g/mol. The maximum atomic E-state index is 11.8. The number of ketones is 1. The van der Waals surface area contributed by atoms with Crippen LogP contribution in [0.3, 0.4) is 0 Å². The van der Waals surface area contributed by atoms with E-state index in [1.807, 2.05) is 26.0 Å². The highest BCUT2D eigenvalue weighted by molar-refractivity contribution is 6.30. The fourth-order valence-corrected chi connectivity index (χ4v) is 1.64. The average molecular weight is 226 g/mol. The maximum Gasteiger partial charge on any atom is 0.144 e. The van der Waals surface area contributed by atoms with Crippen molar-refractivity contribution in [2.75, 3.05) is 6.54 Å². The minimum absolute atomic E-state index is 0.00854. The molecule has 1 atom stereocenters. The first-order chi connectivity index (χ1) is 7.06. The lowest BCUT2D eigenvalue weighted by Gasteiger charge is -2.16. The van der Waals surface area contributed by atoms with Crippen LogP contribution in [0, 0.1) is 5.92 Å². The van der Waals surface area contributed by atoms with Gasteiger partial charge in [0.05, 0.1) is 5.92 Å². The summed E-state index contributed by atoms with van der Waals surface area (Å²) in [5.41, 5.74) is 6.57. The Morgan fingerprint density at radius 2 is 1.87 bits per heavy atom. The zero-order valence-corrected chi connectivity index (χ0v) is 9.79. The van der Waals surface area contributed by atoms with Gasteiger partial charge in [0.2, 0.25) is 0 Å².